The number of rotatable bonds is 11. The number of halogens is 13. The fraction of sp³-hybridized carbons (Fsp3) is 0.300. The van der Waals surface area contributed by atoms with Crippen molar-refractivity contribution in [3.05, 3.63) is 68.3 Å². The highest BCUT2D eigenvalue weighted by Crippen LogP contribution is 2.60. The van der Waals surface area contributed by atoms with Gasteiger partial charge in [0.1, 0.15) is 5.75 Å². The molecule has 0 unspecified atom stereocenters. The number of alkyl halides is 13. The maximum atomic E-state index is 13.8. The maximum absolute atomic E-state index is 13.8. The second-order valence-electron chi connectivity index (χ2n) is 7.91. The summed E-state index contributed by atoms with van der Waals surface area (Å²) in [6.45, 7) is 0. The number of hydrogen-bond donors (Lipinski definition) is 1. The molecule has 0 aromatic heterocycles. The molecule has 10 nitrogen and oxygen atoms in total. The number of carbonyl (C=O) groups is 1. The fourth-order valence-electron chi connectivity index (χ4n) is 2.74. The van der Waals surface area contributed by atoms with Crippen LogP contribution in [-0.2, 0) is 4.79 Å². The number of hydrogen-bond acceptors (Lipinski definition) is 7. The Kier molecular flexibility index (Phi) is 8.95. The van der Waals surface area contributed by atoms with E-state index in [0.29, 0.717) is 17.7 Å². The summed E-state index contributed by atoms with van der Waals surface area (Å²) in [6.07, 6.45) is -7.27. The number of non-ortho nitro benzene ring substituents is 1. The molecule has 0 spiro atoms. The van der Waals surface area contributed by atoms with Gasteiger partial charge >= 0.3 is 47.4 Å². The van der Waals surface area contributed by atoms with Gasteiger partial charge in [-0.05, 0) is 35.9 Å². The first-order valence-electron chi connectivity index (χ1n) is 10.3. The first-order chi connectivity index (χ1) is 19.3. The Morgan fingerprint density at radius 3 is 1.72 bits per heavy atom. The van der Waals surface area contributed by atoms with Gasteiger partial charge in [-0.15, -0.1) is 0 Å². The molecular weight excluding hydrogens is 639 g/mol. The SMILES string of the molecule is O=C(N/N=C\c1ccc(Oc2ccc([N+](=O)[O-])cc2[N+](=O)[O-])cc1)C(F)(F)C(F)(F)C(F)(F)C(F)(F)C(F)(F)C(F)(F)F. The number of amides is 1. The normalized spacial score (nSPS) is 13.6. The Bertz CT molecular complexity index is 1430. The van der Waals surface area contributed by atoms with Gasteiger partial charge in [0.05, 0.1) is 22.1 Å². The van der Waals surface area contributed by atoms with Crippen molar-refractivity contribution in [1.29, 1.82) is 0 Å². The van der Waals surface area contributed by atoms with Crippen LogP contribution >= 0.6 is 0 Å². The third-order valence-corrected chi connectivity index (χ3v) is 5.06. The number of carbonyl (C=O) groups excluding carboxylic acids is 1. The van der Waals surface area contributed by atoms with Crippen molar-refractivity contribution in [2.24, 2.45) is 5.10 Å². The molecule has 0 fully saturated rings. The van der Waals surface area contributed by atoms with E-state index >= 15 is 0 Å². The monoisotopic (exact) mass is 648 g/mol. The van der Waals surface area contributed by atoms with Crippen molar-refractivity contribution < 1.29 is 76.5 Å². The van der Waals surface area contributed by atoms with Crippen molar-refractivity contribution >= 4 is 23.5 Å². The molecule has 0 heterocycles. The zero-order valence-corrected chi connectivity index (χ0v) is 19.8. The molecular formula is C20H9F13N4O6. The van der Waals surface area contributed by atoms with E-state index in [0.717, 1.165) is 36.4 Å². The molecule has 43 heavy (non-hydrogen) atoms. The zero-order chi connectivity index (χ0) is 33.4. The molecule has 0 atom stereocenters. The number of benzene rings is 2. The highest BCUT2D eigenvalue weighted by molar-refractivity contribution is 5.87. The molecule has 1 amide bonds. The van der Waals surface area contributed by atoms with Crippen molar-refractivity contribution in [3.8, 4) is 11.5 Å². The smallest absolute Gasteiger partial charge is 0.450 e. The summed E-state index contributed by atoms with van der Waals surface area (Å²) in [4.78, 5) is 31.3. The number of hydrazone groups is 1. The lowest BCUT2D eigenvalue weighted by Gasteiger charge is -2.38. The summed E-state index contributed by atoms with van der Waals surface area (Å²) in [5, 5.41) is 24.5. The minimum absolute atomic E-state index is 0.219. The molecule has 2 rings (SSSR count). The van der Waals surface area contributed by atoms with Crippen LogP contribution in [0, 0.1) is 20.2 Å². The number of ether oxygens (including phenoxy) is 1. The molecule has 23 heteroatoms. The van der Waals surface area contributed by atoms with Crippen LogP contribution in [0.15, 0.2) is 47.6 Å². The van der Waals surface area contributed by atoms with Crippen molar-refractivity contribution in [2.75, 3.05) is 0 Å². The topological polar surface area (TPSA) is 137 Å². The Morgan fingerprint density at radius 2 is 1.26 bits per heavy atom. The fourth-order valence-corrected chi connectivity index (χ4v) is 2.74. The van der Waals surface area contributed by atoms with E-state index in [9.17, 15) is 82.1 Å². The summed E-state index contributed by atoms with van der Waals surface area (Å²) in [5.41, 5.74) is -1.25. The van der Waals surface area contributed by atoms with Gasteiger partial charge in [-0.3, -0.25) is 25.0 Å². The molecule has 2 aromatic rings. The van der Waals surface area contributed by atoms with Crippen LogP contribution in [0.25, 0.3) is 0 Å². The van der Waals surface area contributed by atoms with Gasteiger partial charge in [0.25, 0.3) is 5.69 Å². The Balaban J connectivity index is 2.21. The summed E-state index contributed by atoms with van der Waals surface area (Å²) < 4.78 is 176. The lowest BCUT2D eigenvalue weighted by atomic mass is 9.93. The molecule has 1 N–H and O–H groups in total. The molecule has 2 aromatic carbocycles. The second-order valence-corrected chi connectivity index (χ2v) is 7.91. The lowest BCUT2D eigenvalue weighted by molar-refractivity contribution is -0.436. The van der Waals surface area contributed by atoms with Gasteiger partial charge in [0.15, 0.2) is 0 Å². The summed E-state index contributed by atoms with van der Waals surface area (Å²) >= 11 is 0. The third-order valence-electron chi connectivity index (χ3n) is 5.06. The summed E-state index contributed by atoms with van der Waals surface area (Å²) in [7, 11) is 0. The molecule has 0 aliphatic carbocycles. The molecule has 0 saturated carbocycles. The predicted octanol–water partition coefficient (Wildman–Crippen LogP) is 6.48. The molecule has 0 aliphatic rings. The van der Waals surface area contributed by atoms with Crippen molar-refractivity contribution in [2.45, 2.75) is 35.8 Å². The van der Waals surface area contributed by atoms with Crippen LogP contribution in [0.1, 0.15) is 5.56 Å². The minimum Gasteiger partial charge on any atom is -0.450 e. The minimum atomic E-state index is -8.17. The largest absolute Gasteiger partial charge is 0.460 e. The van der Waals surface area contributed by atoms with Gasteiger partial charge in [0, 0.05) is 6.07 Å². The lowest BCUT2D eigenvalue weighted by Crippen LogP contribution is -2.71. The van der Waals surface area contributed by atoms with Crippen LogP contribution in [0.4, 0.5) is 68.5 Å². The van der Waals surface area contributed by atoms with Crippen LogP contribution in [0.5, 0.6) is 11.5 Å². The van der Waals surface area contributed by atoms with Gasteiger partial charge in [-0.25, -0.2) is 5.43 Å². The van der Waals surface area contributed by atoms with E-state index in [-0.39, 0.29) is 11.3 Å². The zero-order valence-electron chi connectivity index (χ0n) is 19.8. The number of nitro groups is 2. The van der Waals surface area contributed by atoms with Crippen molar-refractivity contribution in [1.82, 2.24) is 5.43 Å². The molecule has 0 saturated heterocycles. The number of nitrogens with one attached hydrogen (secondary N) is 1. The van der Waals surface area contributed by atoms with Gasteiger partial charge in [-0.2, -0.15) is 62.2 Å². The summed E-state index contributed by atoms with van der Waals surface area (Å²) in [6, 6.07) is 6.09. The van der Waals surface area contributed by atoms with E-state index in [1.54, 1.807) is 0 Å². The van der Waals surface area contributed by atoms with E-state index in [2.05, 4.69) is 5.10 Å². The highest BCUT2D eigenvalue weighted by Gasteiger charge is 2.91. The van der Waals surface area contributed by atoms with Gasteiger partial charge in [0.2, 0.25) is 5.75 Å². The van der Waals surface area contributed by atoms with E-state index in [1.807, 2.05) is 0 Å². The Labute approximate surface area is 227 Å². The van der Waals surface area contributed by atoms with Crippen molar-refractivity contribution in [3.63, 3.8) is 0 Å². The average Bonchev–Trinajstić information content (AvgIpc) is 2.88. The first-order valence-corrected chi connectivity index (χ1v) is 10.3. The average molecular weight is 648 g/mol. The standard InChI is InChI=1S/C20H9F13N4O6/c21-15(22,16(23,24)17(25,26)18(27,28)19(29,30)20(31,32)33)14(38)35-34-8-9-1-4-11(5-2-9)43-13-6-3-10(36(39)40)7-12(13)37(41)42/h1-8H,(H,35,38)/b34-8-. The van der Waals surface area contributed by atoms with E-state index in [1.165, 1.54) is 0 Å². The van der Waals surface area contributed by atoms with Crippen LogP contribution in [0.3, 0.4) is 0 Å². The first kappa shape index (κ1) is 34.5. The van der Waals surface area contributed by atoms with E-state index < -0.39 is 68.7 Å². The van der Waals surface area contributed by atoms with Crippen LogP contribution in [-0.4, -0.2) is 57.8 Å². The Morgan fingerprint density at radius 1 is 0.744 bits per heavy atom. The highest BCUT2D eigenvalue weighted by atomic mass is 19.4. The van der Waals surface area contributed by atoms with Crippen LogP contribution < -0.4 is 10.2 Å². The molecule has 236 valence electrons. The predicted molar refractivity (Wildman–Crippen MR) is 113 cm³/mol. The second kappa shape index (κ2) is 11.2. The van der Waals surface area contributed by atoms with Gasteiger partial charge < -0.3 is 4.74 Å². The molecule has 0 aliphatic heterocycles. The Hall–Kier alpha value is -4.73. The quantitative estimate of drug-likeness (QED) is 0.128. The number of nitrogens with zero attached hydrogens (tertiary/aromatic N) is 3. The molecule has 0 bridgehead atoms. The van der Waals surface area contributed by atoms with E-state index in [4.69, 9.17) is 4.74 Å². The maximum Gasteiger partial charge on any atom is 0.460 e. The number of nitro benzene ring substituents is 2. The third kappa shape index (κ3) is 6.09. The van der Waals surface area contributed by atoms with Gasteiger partial charge in [-0.1, -0.05) is 0 Å². The summed E-state index contributed by atoms with van der Waals surface area (Å²) in [5.74, 6) is -43.5. The van der Waals surface area contributed by atoms with Crippen LogP contribution in [0.2, 0.25) is 0 Å². The molecule has 0 radical (unpaired) electrons.